The molecule has 1 fully saturated rings. The minimum Gasteiger partial charge on any atom is -0.314 e. The number of hydrogen-bond donors (Lipinski definition) is 1. The van der Waals surface area contributed by atoms with Crippen molar-refractivity contribution in [3.8, 4) is 0 Å². The first-order valence-corrected chi connectivity index (χ1v) is 8.18. The lowest BCUT2D eigenvalue weighted by molar-refractivity contribution is 0.159. The van der Waals surface area contributed by atoms with E-state index in [0.717, 1.165) is 30.8 Å². The molecule has 0 aliphatic carbocycles. The van der Waals surface area contributed by atoms with Crippen molar-refractivity contribution < 1.29 is 0 Å². The number of nitrogens with one attached hydrogen (secondary N) is 1. The number of piperazine rings is 1. The van der Waals surface area contributed by atoms with Crippen LogP contribution in [0.3, 0.4) is 0 Å². The molecule has 1 aliphatic heterocycles. The monoisotopic (exact) mass is 397 g/mol. The highest BCUT2D eigenvalue weighted by Gasteiger charge is 2.22. The Morgan fingerprint density at radius 2 is 1.95 bits per heavy atom. The molecule has 0 amide bonds. The van der Waals surface area contributed by atoms with Gasteiger partial charge in [-0.25, -0.2) is 4.98 Å². The van der Waals surface area contributed by atoms with Gasteiger partial charge in [0, 0.05) is 26.2 Å². The van der Waals surface area contributed by atoms with Crippen LogP contribution in [0.25, 0.3) is 0 Å². The zero-order chi connectivity index (χ0) is 13.5. The van der Waals surface area contributed by atoms with Crippen molar-refractivity contribution in [2.24, 2.45) is 0 Å². The molecule has 2 heterocycles. The van der Waals surface area contributed by atoms with Gasteiger partial charge in [0.1, 0.15) is 4.60 Å². The summed E-state index contributed by atoms with van der Waals surface area (Å²) in [4.78, 5) is 7.27. The summed E-state index contributed by atoms with van der Waals surface area (Å²) in [6.45, 7) is 6.71. The Morgan fingerprint density at radius 1 is 1.24 bits per heavy atom. The first-order valence-electron chi connectivity index (χ1n) is 7.38. The van der Waals surface area contributed by atoms with Crippen LogP contribution in [0.5, 0.6) is 0 Å². The molecule has 1 aromatic rings. The van der Waals surface area contributed by atoms with Crippen LogP contribution < -0.4 is 5.32 Å². The van der Waals surface area contributed by atoms with Gasteiger partial charge in [0.05, 0.1) is 11.7 Å². The number of aromatic nitrogens is 1. The van der Waals surface area contributed by atoms with Crippen LogP contribution in [-0.2, 0) is 0 Å². The van der Waals surface area contributed by atoms with Crippen molar-refractivity contribution in [1.29, 1.82) is 0 Å². The zero-order valence-corrected chi connectivity index (χ0v) is 15.8. The van der Waals surface area contributed by atoms with Gasteiger partial charge in [-0.15, -0.1) is 24.8 Å². The van der Waals surface area contributed by atoms with Crippen molar-refractivity contribution in [2.45, 2.75) is 38.6 Å². The molecule has 0 aromatic carbocycles. The van der Waals surface area contributed by atoms with Crippen molar-refractivity contribution in [3.05, 3.63) is 28.5 Å². The Kier molecular flexibility index (Phi) is 11.7. The van der Waals surface area contributed by atoms with Crippen molar-refractivity contribution in [3.63, 3.8) is 0 Å². The molecule has 1 saturated heterocycles. The normalized spacial score (nSPS) is 16.7. The molecular formula is C15H26BrCl2N3. The number of nitrogens with zero attached hydrogens (tertiary/aromatic N) is 2. The summed E-state index contributed by atoms with van der Waals surface area (Å²) >= 11 is 3.49. The average Bonchev–Trinajstić information content (AvgIpc) is 2.45. The van der Waals surface area contributed by atoms with Crippen LogP contribution in [0.1, 0.15) is 44.3 Å². The molecule has 1 aromatic heterocycles. The molecule has 0 radical (unpaired) electrons. The lowest BCUT2D eigenvalue weighted by atomic mass is 10.0. The van der Waals surface area contributed by atoms with E-state index >= 15 is 0 Å². The third-order valence-electron chi connectivity index (χ3n) is 3.75. The van der Waals surface area contributed by atoms with E-state index in [1.54, 1.807) is 0 Å². The van der Waals surface area contributed by atoms with Crippen molar-refractivity contribution >= 4 is 40.7 Å². The Bertz CT molecular complexity index is 387. The third-order valence-corrected chi connectivity index (χ3v) is 4.19. The van der Waals surface area contributed by atoms with E-state index in [2.05, 4.69) is 50.2 Å². The van der Waals surface area contributed by atoms with E-state index in [1.807, 2.05) is 6.07 Å². The molecule has 0 unspecified atom stereocenters. The minimum absolute atomic E-state index is 0. The van der Waals surface area contributed by atoms with Gasteiger partial charge in [0.25, 0.3) is 0 Å². The Morgan fingerprint density at radius 3 is 2.57 bits per heavy atom. The summed E-state index contributed by atoms with van der Waals surface area (Å²) in [5.41, 5.74) is 1.22. The molecule has 3 nitrogen and oxygen atoms in total. The first kappa shape index (κ1) is 21.1. The Labute approximate surface area is 149 Å². The summed E-state index contributed by atoms with van der Waals surface area (Å²) in [7, 11) is 0. The Hall–Kier alpha value is 0.130. The summed E-state index contributed by atoms with van der Waals surface area (Å²) < 4.78 is 0.945. The number of rotatable bonds is 6. The van der Waals surface area contributed by atoms with Crippen LogP contribution in [-0.4, -0.2) is 36.1 Å². The number of halogens is 3. The molecule has 1 atom stereocenters. The predicted molar refractivity (Wildman–Crippen MR) is 97.8 cm³/mol. The summed E-state index contributed by atoms with van der Waals surface area (Å²) in [5.74, 6) is 0. The summed E-state index contributed by atoms with van der Waals surface area (Å²) in [6.07, 6.45) is 5.10. The van der Waals surface area contributed by atoms with Gasteiger partial charge < -0.3 is 5.32 Å². The maximum atomic E-state index is 4.68. The molecular weight excluding hydrogens is 373 g/mol. The van der Waals surface area contributed by atoms with Crippen LogP contribution in [0.2, 0.25) is 0 Å². The fourth-order valence-corrected chi connectivity index (χ4v) is 3.07. The van der Waals surface area contributed by atoms with E-state index in [0.29, 0.717) is 6.04 Å². The molecule has 2 rings (SSSR count). The maximum absolute atomic E-state index is 4.68. The standard InChI is InChI=1S/C15H24BrN3.2ClH/c1-2-3-4-7-14(19-11-9-17-10-12-19)13-6-5-8-15(16)18-13;;/h5-6,8,14,17H,2-4,7,9-12H2,1H3;2*1H/t14-;;/m1../s1. The fourth-order valence-electron chi connectivity index (χ4n) is 2.71. The topological polar surface area (TPSA) is 28.2 Å². The number of hydrogen-bond acceptors (Lipinski definition) is 3. The molecule has 122 valence electrons. The first-order chi connectivity index (χ1) is 9.31. The third kappa shape index (κ3) is 6.83. The summed E-state index contributed by atoms with van der Waals surface area (Å²) in [5, 5.41) is 3.43. The molecule has 1 aliphatic rings. The van der Waals surface area contributed by atoms with Crippen LogP contribution in [0.15, 0.2) is 22.8 Å². The van der Waals surface area contributed by atoms with Gasteiger partial charge in [0.2, 0.25) is 0 Å². The van der Waals surface area contributed by atoms with E-state index < -0.39 is 0 Å². The average molecular weight is 399 g/mol. The molecule has 6 heteroatoms. The molecule has 0 saturated carbocycles. The van der Waals surface area contributed by atoms with Gasteiger partial charge >= 0.3 is 0 Å². The Balaban J connectivity index is 0.00000200. The van der Waals surface area contributed by atoms with Crippen molar-refractivity contribution in [1.82, 2.24) is 15.2 Å². The van der Waals surface area contributed by atoms with Gasteiger partial charge in [-0.3, -0.25) is 4.90 Å². The quantitative estimate of drug-likeness (QED) is 0.574. The highest BCUT2D eigenvalue weighted by Crippen LogP contribution is 2.26. The smallest absolute Gasteiger partial charge is 0.106 e. The number of unbranched alkanes of at least 4 members (excludes halogenated alkanes) is 2. The SMILES string of the molecule is CCCCC[C@H](c1cccc(Br)n1)N1CCNCC1.Cl.Cl. The van der Waals surface area contributed by atoms with Gasteiger partial charge in [-0.05, 0) is 34.5 Å². The van der Waals surface area contributed by atoms with Crippen molar-refractivity contribution in [2.75, 3.05) is 26.2 Å². The molecule has 0 bridgehead atoms. The van der Waals surface area contributed by atoms with E-state index in [-0.39, 0.29) is 24.8 Å². The minimum atomic E-state index is 0. The van der Waals surface area contributed by atoms with Crippen LogP contribution in [0.4, 0.5) is 0 Å². The van der Waals surface area contributed by atoms with Gasteiger partial charge in [-0.1, -0.05) is 32.3 Å². The lowest BCUT2D eigenvalue weighted by Gasteiger charge is -2.34. The van der Waals surface area contributed by atoms with E-state index in [4.69, 9.17) is 0 Å². The molecule has 21 heavy (non-hydrogen) atoms. The molecule has 0 spiro atoms. The molecule has 1 N–H and O–H groups in total. The second kappa shape index (κ2) is 11.7. The van der Waals surface area contributed by atoms with Gasteiger partial charge in [-0.2, -0.15) is 0 Å². The highest BCUT2D eigenvalue weighted by atomic mass is 79.9. The fraction of sp³-hybridized carbons (Fsp3) is 0.667. The van der Waals surface area contributed by atoms with Crippen LogP contribution in [0, 0.1) is 0 Å². The second-order valence-electron chi connectivity index (χ2n) is 5.18. The van der Waals surface area contributed by atoms with Gasteiger partial charge in [0.15, 0.2) is 0 Å². The zero-order valence-electron chi connectivity index (χ0n) is 12.6. The summed E-state index contributed by atoms with van der Waals surface area (Å²) in [6, 6.07) is 6.75. The lowest BCUT2D eigenvalue weighted by Crippen LogP contribution is -2.45. The van der Waals surface area contributed by atoms with Crippen LogP contribution >= 0.6 is 40.7 Å². The van der Waals surface area contributed by atoms with E-state index in [1.165, 1.54) is 31.4 Å². The largest absolute Gasteiger partial charge is 0.314 e. The predicted octanol–water partition coefficient (Wildman–Crippen LogP) is 4.21. The second-order valence-corrected chi connectivity index (χ2v) is 6.00. The number of pyridine rings is 1. The van der Waals surface area contributed by atoms with E-state index in [9.17, 15) is 0 Å². The highest BCUT2D eigenvalue weighted by molar-refractivity contribution is 9.10. The maximum Gasteiger partial charge on any atom is 0.106 e.